The number of amides is 2. The Kier molecular flexibility index (Phi) is 6.06. The SMILES string of the molecule is O=C(NCCCn1nc2n(c1=O)CCCC2)NC1CCN(c2ncccn2)CC1. The number of aromatic nitrogens is 5. The zero-order valence-electron chi connectivity index (χ0n) is 16.6. The summed E-state index contributed by atoms with van der Waals surface area (Å²) in [6, 6.07) is 1.80. The van der Waals surface area contributed by atoms with Crippen LogP contribution in [-0.2, 0) is 19.5 Å². The Morgan fingerprint density at radius 3 is 2.69 bits per heavy atom. The Bertz CT molecular complexity index is 870. The fourth-order valence-corrected chi connectivity index (χ4v) is 3.94. The molecule has 29 heavy (non-hydrogen) atoms. The molecule has 0 spiro atoms. The van der Waals surface area contributed by atoms with E-state index in [1.165, 1.54) is 4.68 Å². The molecule has 0 atom stereocenters. The number of rotatable bonds is 6. The highest BCUT2D eigenvalue weighted by molar-refractivity contribution is 5.74. The van der Waals surface area contributed by atoms with Gasteiger partial charge in [0, 0.05) is 57.6 Å². The second-order valence-corrected chi connectivity index (χ2v) is 7.59. The minimum atomic E-state index is -0.157. The topological polar surface area (TPSA) is 110 Å². The third kappa shape index (κ3) is 4.75. The Morgan fingerprint density at radius 2 is 1.93 bits per heavy atom. The second-order valence-electron chi connectivity index (χ2n) is 7.59. The van der Waals surface area contributed by atoms with Gasteiger partial charge in [-0.15, -0.1) is 0 Å². The summed E-state index contributed by atoms with van der Waals surface area (Å²) in [6.07, 6.45) is 8.89. The summed E-state index contributed by atoms with van der Waals surface area (Å²) < 4.78 is 3.30. The molecule has 2 aromatic heterocycles. The fraction of sp³-hybridized carbons (Fsp3) is 0.632. The van der Waals surface area contributed by atoms with Crippen LogP contribution in [0, 0.1) is 0 Å². The molecule has 156 valence electrons. The van der Waals surface area contributed by atoms with Gasteiger partial charge in [-0.2, -0.15) is 5.10 Å². The number of anilines is 1. The van der Waals surface area contributed by atoms with Gasteiger partial charge < -0.3 is 15.5 Å². The molecular weight excluding hydrogens is 372 g/mol. The third-order valence-electron chi connectivity index (χ3n) is 5.53. The smallest absolute Gasteiger partial charge is 0.341 e. The average Bonchev–Trinajstić information content (AvgIpc) is 3.08. The van der Waals surface area contributed by atoms with Crippen LogP contribution in [-0.4, -0.2) is 56.0 Å². The van der Waals surface area contributed by atoms with E-state index in [1.54, 1.807) is 23.0 Å². The Morgan fingerprint density at radius 1 is 1.14 bits per heavy atom. The third-order valence-corrected chi connectivity index (χ3v) is 5.53. The molecule has 1 fully saturated rings. The molecule has 2 aliphatic rings. The van der Waals surface area contributed by atoms with Gasteiger partial charge in [-0.1, -0.05) is 0 Å². The summed E-state index contributed by atoms with van der Waals surface area (Å²) in [5.41, 5.74) is -0.0293. The zero-order chi connectivity index (χ0) is 20.1. The van der Waals surface area contributed by atoms with E-state index >= 15 is 0 Å². The van der Waals surface area contributed by atoms with E-state index in [4.69, 9.17) is 0 Å². The van der Waals surface area contributed by atoms with Crippen molar-refractivity contribution in [2.75, 3.05) is 24.5 Å². The highest BCUT2D eigenvalue weighted by Gasteiger charge is 2.22. The van der Waals surface area contributed by atoms with Crippen molar-refractivity contribution in [3.8, 4) is 0 Å². The summed E-state index contributed by atoms with van der Waals surface area (Å²) in [4.78, 5) is 35.1. The van der Waals surface area contributed by atoms with Crippen molar-refractivity contribution in [1.82, 2.24) is 34.9 Å². The average molecular weight is 400 g/mol. The summed E-state index contributed by atoms with van der Waals surface area (Å²) in [7, 11) is 0. The molecule has 10 nitrogen and oxygen atoms in total. The molecule has 2 aromatic rings. The number of piperidine rings is 1. The van der Waals surface area contributed by atoms with Crippen molar-refractivity contribution < 1.29 is 4.79 Å². The van der Waals surface area contributed by atoms with E-state index in [1.807, 2.05) is 0 Å². The van der Waals surface area contributed by atoms with E-state index in [0.717, 1.165) is 63.5 Å². The van der Waals surface area contributed by atoms with Gasteiger partial charge in [-0.3, -0.25) is 4.57 Å². The first-order valence-electron chi connectivity index (χ1n) is 10.4. The largest absolute Gasteiger partial charge is 0.345 e. The van der Waals surface area contributed by atoms with Crippen LogP contribution in [0.15, 0.2) is 23.3 Å². The maximum absolute atomic E-state index is 12.3. The van der Waals surface area contributed by atoms with Crippen LogP contribution >= 0.6 is 0 Å². The fourth-order valence-electron chi connectivity index (χ4n) is 3.94. The van der Waals surface area contributed by atoms with Crippen molar-refractivity contribution in [1.29, 1.82) is 0 Å². The number of fused-ring (bicyclic) bond motifs is 1. The van der Waals surface area contributed by atoms with Crippen molar-refractivity contribution in [2.24, 2.45) is 0 Å². The predicted molar refractivity (Wildman–Crippen MR) is 108 cm³/mol. The van der Waals surface area contributed by atoms with Gasteiger partial charge in [-0.05, 0) is 38.2 Å². The van der Waals surface area contributed by atoms with Crippen LogP contribution in [0.25, 0.3) is 0 Å². The van der Waals surface area contributed by atoms with Gasteiger partial charge in [-0.25, -0.2) is 24.2 Å². The van der Waals surface area contributed by atoms with Crippen LogP contribution in [0.1, 0.15) is 37.9 Å². The minimum absolute atomic E-state index is 0.0293. The van der Waals surface area contributed by atoms with Crippen LogP contribution in [0.4, 0.5) is 10.7 Å². The number of hydrogen-bond acceptors (Lipinski definition) is 6. The molecule has 0 bridgehead atoms. The van der Waals surface area contributed by atoms with Crippen molar-refractivity contribution in [3.63, 3.8) is 0 Å². The monoisotopic (exact) mass is 400 g/mol. The van der Waals surface area contributed by atoms with Gasteiger partial charge in [0.2, 0.25) is 5.95 Å². The first-order valence-corrected chi connectivity index (χ1v) is 10.4. The summed E-state index contributed by atoms with van der Waals surface area (Å²) in [6.45, 7) is 3.45. The molecule has 0 aliphatic carbocycles. The molecule has 10 heteroatoms. The minimum Gasteiger partial charge on any atom is -0.341 e. The number of nitrogens with one attached hydrogen (secondary N) is 2. The van der Waals surface area contributed by atoms with Gasteiger partial charge in [0.25, 0.3) is 0 Å². The number of carbonyl (C=O) groups is 1. The highest BCUT2D eigenvalue weighted by atomic mass is 16.2. The summed E-state index contributed by atoms with van der Waals surface area (Å²) >= 11 is 0. The van der Waals surface area contributed by atoms with E-state index < -0.39 is 0 Å². The molecule has 0 aromatic carbocycles. The van der Waals surface area contributed by atoms with Gasteiger partial charge in [0.1, 0.15) is 5.82 Å². The standard InChI is InChI=1S/C19H28N8O2/c28-18(23-15-6-13-25(14-7-15)17-20-8-3-9-21-17)22-10-4-12-27-19(29)26-11-2-1-5-16(26)24-27/h3,8-9,15H,1-2,4-7,10-14H2,(H2,22,23,28). The lowest BCUT2D eigenvalue weighted by Gasteiger charge is -2.32. The molecule has 4 heterocycles. The van der Waals surface area contributed by atoms with Gasteiger partial charge in [0.05, 0.1) is 0 Å². The van der Waals surface area contributed by atoms with Crippen LogP contribution in [0.3, 0.4) is 0 Å². The summed E-state index contributed by atoms with van der Waals surface area (Å²) in [5, 5.41) is 10.3. The van der Waals surface area contributed by atoms with Crippen LogP contribution in [0.5, 0.6) is 0 Å². The van der Waals surface area contributed by atoms with Crippen molar-refractivity contribution in [3.05, 3.63) is 34.8 Å². The predicted octanol–water partition coefficient (Wildman–Crippen LogP) is 0.529. The first kappa shape index (κ1) is 19.4. The normalized spacial score (nSPS) is 17.0. The lowest BCUT2D eigenvalue weighted by atomic mass is 10.1. The zero-order valence-corrected chi connectivity index (χ0v) is 16.6. The van der Waals surface area contributed by atoms with Gasteiger partial charge in [0.15, 0.2) is 0 Å². The van der Waals surface area contributed by atoms with E-state index in [9.17, 15) is 9.59 Å². The lowest BCUT2D eigenvalue weighted by Crippen LogP contribution is -2.48. The Labute approximate surface area is 169 Å². The number of aryl methyl sites for hydroxylation is 2. The van der Waals surface area contributed by atoms with Crippen molar-refractivity contribution in [2.45, 2.75) is 57.7 Å². The maximum atomic E-state index is 12.3. The van der Waals surface area contributed by atoms with E-state index in [-0.39, 0.29) is 17.8 Å². The lowest BCUT2D eigenvalue weighted by molar-refractivity contribution is 0.234. The Balaban J connectivity index is 1.15. The number of carbonyl (C=O) groups excluding carboxylic acids is 1. The van der Waals surface area contributed by atoms with Gasteiger partial charge >= 0.3 is 11.7 Å². The van der Waals surface area contributed by atoms with E-state index in [2.05, 4.69) is 30.6 Å². The second kappa shape index (κ2) is 9.06. The van der Waals surface area contributed by atoms with Crippen LogP contribution in [0.2, 0.25) is 0 Å². The first-order chi connectivity index (χ1) is 14.2. The van der Waals surface area contributed by atoms with Crippen LogP contribution < -0.4 is 21.2 Å². The molecule has 2 amide bonds. The molecule has 4 rings (SSSR count). The molecule has 2 aliphatic heterocycles. The molecule has 2 N–H and O–H groups in total. The van der Waals surface area contributed by atoms with Crippen molar-refractivity contribution >= 4 is 12.0 Å². The molecular formula is C19H28N8O2. The molecule has 0 saturated carbocycles. The number of hydrogen-bond donors (Lipinski definition) is 2. The molecule has 1 saturated heterocycles. The maximum Gasteiger partial charge on any atom is 0.345 e. The summed E-state index contributed by atoms with van der Waals surface area (Å²) in [5.74, 6) is 1.63. The quantitative estimate of drug-likeness (QED) is 0.685. The molecule has 0 unspecified atom stereocenters. The molecule has 0 radical (unpaired) electrons. The number of urea groups is 1. The van der Waals surface area contributed by atoms with E-state index in [0.29, 0.717) is 19.5 Å². The Hall–Kier alpha value is -2.91. The highest BCUT2D eigenvalue weighted by Crippen LogP contribution is 2.15. The number of nitrogens with zero attached hydrogens (tertiary/aromatic N) is 6.